The van der Waals surface area contributed by atoms with Gasteiger partial charge in [-0.1, -0.05) is 23.7 Å². The zero-order valence-corrected chi connectivity index (χ0v) is 18.9. The number of hydrogen-bond donors (Lipinski definition) is 1. The molecule has 0 bridgehead atoms. The van der Waals surface area contributed by atoms with Gasteiger partial charge in [0.15, 0.2) is 0 Å². The number of methoxy groups -OCH3 is 1. The van der Waals surface area contributed by atoms with Gasteiger partial charge in [0.05, 0.1) is 7.11 Å². The van der Waals surface area contributed by atoms with Gasteiger partial charge in [-0.15, -0.1) is 0 Å². The van der Waals surface area contributed by atoms with Crippen LogP contribution in [0.25, 0.3) is 6.08 Å². The van der Waals surface area contributed by atoms with Crippen molar-refractivity contribution in [2.24, 2.45) is 0 Å². The zero-order valence-electron chi connectivity index (χ0n) is 18.1. The maximum Gasteiger partial charge on any atom is 0.266 e. The van der Waals surface area contributed by atoms with Crippen LogP contribution in [0.5, 0.6) is 11.5 Å². The number of hydrogen-bond acceptors (Lipinski definition) is 4. The number of carbonyl (C=O) groups is 1. The van der Waals surface area contributed by atoms with Gasteiger partial charge in [0.1, 0.15) is 29.7 Å². The van der Waals surface area contributed by atoms with Crippen LogP contribution in [-0.2, 0) is 11.4 Å². The Morgan fingerprint density at radius 2 is 1.69 bits per heavy atom. The molecule has 0 atom stereocenters. The number of halogens is 1. The topological polar surface area (TPSA) is 71.3 Å². The van der Waals surface area contributed by atoms with Crippen molar-refractivity contribution < 1.29 is 14.3 Å². The average Bonchev–Trinajstić information content (AvgIpc) is 2.78. The van der Waals surface area contributed by atoms with Crippen LogP contribution in [0.3, 0.4) is 0 Å². The van der Waals surface area contributed by atoms with Crippen molar-refractivity contribution in [2.45, 2.75) is 20.5 Å². The molecule has 0 aliphatic heterocycles. The number of aryl methyl sites for hydroxylation is 2. The summed E-state index contributed by atoms with van der Waals surface area (Å²) in [6, 6.07) is 20.2. The highest BCUT2D eigenvalue weighted by atomic mass is 35.5. The number of nitrogens with one attached hydrogen (secondary N) is 1. The van der Waals surface area contributed by atoms with Gasteiger partial charge in [0.2, 0.25) is 0 Å². The molecule has 0 saturated heterocycles. The Labute approximate surface area is 192 Å². The number of nitriles is 1. The molecular formula is C26H23ClN2O3. The minimum Gasteiger partial charge on any atom is -0.497 e. The Morgan fingerprint density at radius 3 is 2.25 bits per heavy atom. The van der Waals surface area contributed by atoms with E-state index < -0.39 is 5.91 Å². The molecule has 0 fully saturated rings. The Balaban J connectivity index is 1.74. The van der Waals surface area contributed by atoms with Gasteiger partial charge in [-0.05, 0) is 90.7 Å². The van der Waals surface area contributed by atoms with Crippen LogP contribution in [-0.4, -0.2) is 13.0 Å². The molecule has 6 heteroatoms. The van der Waals surface area contributed by atoms with E-state index in [4.69, 9.17) is 21.1 Å². The molecule has 3 aromatic carbocycles. The second-order valence-electron chi connectivity index (χ2n) is 7.25. The molecule has 0 unspecified atom stereocenters. The quantitative estimate of drug-likeness (QED) is 0.352. The van der Waals surface area contributed by atoms with Gasteiger partial charge < -0.3 is 14.8 Å². The predicted octanol–water partition coefficient (Wildman–Crippen LogP) is 6.09. The normalized spacial score (nSPS) is 10.9. The lowest BCUT2D eigenvalue weighted by atomic mass is 10.0. The van der Waals surface area contributed by atoms with E-state index in [0.29, 0.717) is 23.1 Å². The Bertz CT molecular complexity index is 1150. The third kappa shape index (κ3) is 5.90. The summed E-state index contributed by atoms with van der Waals surface area (Å²) in [4.78, 5) is 12.6. The van der Waals surface area contributed by atoms with Crippen LogP contribution in [0, 0.1) is 25.2 Å². The molecule has 5 nitrogen and oxygen atoms in total. The summed E-state index contributed by atoms with van der Waals surface area (Å²) in [6.45, 7) is 4.29. The molecule has 0 saturated carbocycles. The summed E-state index contributed by atoms with van der Waals surface area (Å²) in [5.41, 5.74) is 4.18. The Kier molecular flexibility index (Phi) is 7.54. The summed E-state index contributed by atoms with van der Waals surface area (Å²) < 4.78 is 11.1. The van der Waals surface area contributed by atoms with Gasteiger partial charge >= 0.3 is 0 Å². The molecule has 3 aromatic rings. The smallest absolute Gasteiger partial charge is 0.266 e. The number of anilines is 1. The molecule has 0 aliphatic rings. The zero-order chi connectivity index (χ0) is 23.1. The second kappa shape index (κ2) is 10.5. The van der Waals surface area contributed by atoms with Gasteiger partial charge in [-0.2, -0.15) is 5.26 Å². The van der Waals surface area contributed by atoms with E-state index in [-0.39, 0.29) is 5.57 Å². The molecule has 0 radical (unpaired) electrons. The maximum absolute atomic E-state index is 12.6. The molecule has 162 valence electrons. The first kappa shape index (κ1) is 22.9. The van der Waals surface area contributed by atoms with E-state index >= 15 is 0 Å². The Morgan fingerprint density at radius 1 is 1.06 bits per heavy atom. The second-order valence-corrected chi connectivity index (χ2v) is 7.69. The summed E-state index contributed by atoms with van der Waals surface area (Å²) in [5.74, 6) is 0.984. The van der Waals surface area contributed by atoms with E-state index in [1.807, 2.05) is 56.3 Å². The first-order chi connectivity index (χ1) is 15.4. The van der Waals surface area contributed by atoms with Crippen LogP contribution >= 0.6 is 11.6 Å². The van der Waals surface area contributed by atoms with Crippen LogP contribution < -0.4 is 14.8 Å². The fourth-order valence-corrected chi connectivity index (χ4v) is 3.34. The summed E-state index contributed by atoms with van der Waals surface area (Å²) in [5, 5.41) is 12.9. The fourth-order valence-electron chi connectivity index (χ4n) is 3.22. The van der Waals surface area contributed by atoms with Crippen LogP contribution in [0.4, 0.5) is 5.69 Å². The highest BCUT2D eigenvalue weighted by Gasteiger charge is 2.12. The molecule has 0 spiro atoms. The molecule has 3 rings (SSSR count). The molecule has 0 aromatic heterocycles. The summed E-state index contributed by atoms with van der Waals surface area (Å²) in [7, 11) is 1.57. The van der Waals surface area contributed by atoms with Gasteiger partial charge in [0, 0.05) is 10.7 Å². The molecule has 0 heterocycles. The fraction of sp³-hybridized carbons (Fsp3) is 0.154. The number of rotatable bonds is 7. The molecule has 1 N–H and O–H groups in total. The van der Waals surface area contributed by atoms with Gasteiger partial charge in [-0.25, -0.2) is 0 Å². The van der Waals surface area contributed by atoms with E-state index in [2.05, 4.69) is 5.32 Å². The predicted molar refractivity (Wildman–Crippen MR) is 127 cm³/mol. The first-order valence-corrected chi connectivity index (χ1v) is 10.3. The number of nitrogens with zero attached hydrogens (tertiary/aromatic N) is 1. The lowest BCUT2D eigenvalue weighted by molar-refractivity contribution is -0.112. The number of amides is 1. The standard InChI is InChI=1S/C26H23ClN2O3/c1-17-12-20(13-18(2)25(17)32-16-19-4-6-22(27)7-5-19)14-21(15-28)26(30)29-23-8-10-24(31-3)11-9-23/h4-14H,16H2,1-3H3,(H,29,30)/b21-14+. The average molecular weight is 447 g/mol. The van der Waals surface area contributed by atoms with Gasteiger partial charge in [0.25, 0.3) is 5.91 Å². The van der Waals surface area contributed by atoms with Crippen LogP contribution in [0.2, 0.25) is 5.02 Å². The van der Waals surface area contributed by atoms with Crippen molar-refractivity contribution in [2.75, 3.05) is 12.4 Å². The molecule has 32 heavy (non-hydrogen) atoms. The van der Waals surface area contributed by atoms with E-state index in [1.54, 1.807) is 37.5 Å². The van der Waals surface area contributed by atoms with Gasteiger partial charge in [-0.3, -0.25) is 4.79 Å². The maximum atomic E-state index is 12.6. The minimum absolute atomic E-state index is 0.00875. The monoisotopic (exact) mass is 446 g/mol. The molecular weight excluding hydrogens is 424 g/mol. The van der Waals surface area contributed by atoms with Crippen LogP contribution in [0.15, 0.2) is 66.2 Å². The van der Waals surface area contributed by atoms with E-state index in [0.717, 1.165) is 28.0 Å². The van der Waals surface area contributed by atoms with Crippen molar-refractivity contribution in [3.8, 4) is 17.6 Å². The Hall–Kier alpha value is -3.75. The van der Waals surface area contributed by atoms with Crippen molar-refractivity contribution >= 4 is 29.3 Å². The summed E-state index contributed by atoms with van der Waals surface area (Å²) in [6.07, 6.45) is 1.57. The minimum atomic E-state index is -0.476. The lowest BCUT2D eigenvalue weighted by Gasteiger charge is -2.13. The largest absolute Gasteiger partial charge is 0.497 e. The summed E-state index contributed by atoms with van der Waals surface area (Å²) >= 11 is 5.93. The number of benzene rings is 3. The lowest BCUT2D eigenvalue weighted by Crippen LogP contribution is -2.13. The van der Waals surface area contributed by atoms with Crippen molar-refractivity contribution in [1.82, 2.24) is 0 Å². The van der Waals surface area contributed by atoms with Crippen molar-refractivity contribution in [3.63, 3.8) is 0 Å². The first-order valence-electron chi connectivity index (χ1n) is 9.95. The highest BCUT2D eigenvalue weighted by Crippen LogP contribution is 2.27. The third-order valence-corrected chi connectivity index (χ3v) is 5.06. The number of ether oxygens (including phenoxy) is 2. The molecule has 1 amide bonds. The van der Waals surface area contributed by atoms with E-state index in [1.165, 1.54) is 0 Å². The van der Waals surface area contributed by atoms with Crippen molar-refractivity contribution in [3.05, 3.63) is 93.5 Å². The number of carbonyl (C=O) groups excluding carboxylic acids is 1. The third-order valence-electron chi connectivity index (χ3n) is 4.80. The van der Waals surface area contributed by atoms with Crippen molar-refractivity contribution in [1.29, 1.82) is 5.26 Å². The SMILES string of the molecule is COc1ccc(NC(=O)/C(C#N)=C/c2cc(C)c(OCc3ccc(Cl)cc3)c(C)c2)cc1. The van der Waals surface area contributed by atoms with Crippen LogP contribution in [0.1, 0.15) is 22.3 Å². The molecule has 0 aliphatic carbocycles. The van der Waals surface area contributed by atoms with E-state index in [9.17, 15) is 10.1 Å². The highest BCUT2D eigenvalue weighted by molar-refractivity contribution is 6.30.